The van der Waals surface area contributed by atoms with Crippen LogP contribution in [-0.4, -0.2) is 21.0 Å². The summed E-state index contributed by atoms with van der Waals surface area (Å²) in [5.41, 5.74) is 2.68. The maximum Gasteiger partial charge on any atom is 0.307 e. The Morgan fingerprint density at radius 3 is 2.55 bits per heavy atom. The quantitative estimate of drug-likeness (QED) is 0.873. The molecule has 0 spiro atoms. The zero-order valence-electron chi connectivity index (χ0n) is 11.6. The van der Waals surface area contributed by atoms with Gasteiger partial charge >= 0.3 is 5.97 Å². The molecule has 0 bridgehead atoms. The number of benzene rings is 1. The minimum atomic E-state index is -0.828. The van der Waals surface area contributed by atoms with Gasteiger partial charge in [-0.1, -0.05) is 24.3 Å². The monoisotopic (exact) mass is 271 g/mol. The van der Waals surface area contributed by atoms with Gasteiger partial charge in [-0.15, -0.1) is 0 Å². The molecule has 1 heterocycles. The first-order chi connectivity index (χ1) is 9.54. The molecule has 0 aliphatic rings. The lowest BCUT2D eigenvalue weighted by molar-refractivity contribution is -0.136. The van der Waals surface area contributed by atoms with Gasteiger partial charge in [-0.25, -0.2) is 9.97 Å². The third kappa shape index (κ3) is 3.78. The van der Waals surface area contributed by atoms with Crippen LogP contribution in [0.4, 0.5) is 5.82 Å². The molecule has 0 radical (unpaired) electrons. The summed E-state index contributed by atoms with van der Waals surface area (Å²) in [6, 6.07) is 9.38. The van der Waals surface area contributed by atoms with Gasteiger partial charge in [0.15, 0.2) is 0 Å². The molecule has 20 heavy (non-hydrogen) atoms. The lowest BCUT2D eigenvalue weighted by Gasteiger charge is -2.10. The Balaban J connectivity index is 2.12. The first-order valence-electron chi connectivity index (χ1n) is 6.39. The molecule has 5 heteroatoms. The highest BCUT2D eigenvalue weighted by atomic mass is 16.4. The van der Waals surface area contributed by atoms with Crippen LogP contribution in [0.25, 0.3) is 0 Å². The molecule has 0 saturated carbocycles. The van der Waals surface area contributed by atoms with Gasteiger partial charge in [0.1, 0.15) is 11.6 Å². The van der Waals surface area contributed by atoms with Crippen molar-refractivity contribution in [3.05, 3.63) is 53.0 Å². The van der Waals surface area contributed by atoms with E-state index in [1.54, 1.807) is 0 Å². The molecule has 2 rings (SSSR count). The minimum absolute atomic E-state index is 0.0275. The van der Waals surface area contributed by atoms with Crippen LogP contribution in [0, 0.1) is 13.8 Å². The first kappa shape index (κ1) is 14.0. The second-order valence-electron chi connectivity index (χ2n) is 4.63. The van der Waals surface area contributed by atoms with Crippen LogP contribution in [0.15, 0.2) is 30.3 Å². The number of hydrogen-bond acceptors (Lipinski definition) is 4. The molecule has 0 saturated heterocycles. The summed E-state index contributed by atoms with van der Waals surface area (Å²) in [7, 11) is 0. The van der Waals surface area contributed by atoms with Crippen molar-refractivity contribution in [2.24, 2.45) is 0 Å². The van der Waals surface area contributed by atoms with Crippen molar-refractivity contribution in [1.29, 1.82) is 0 Å². The van der Waals surface area contributed by atoms with E-state index in [4.69, 9.17) is 5.11 Å². The molecule has 5 nitrogen and oxygen atoms in total. The van der Waals surface area contributed by atoms with E-state index in [0.717, 1.165) is 22.6 Å². The van der Waals surface area contributed by atoms with Crippen LogP contribution in [0.5, 0.6) is 0 Å². The molecule has 0 aliphatic heterocycles. The number of nitrogens with zero attached hydrogens (tertiary/aromatic N) is 2. The molecule has 0 atom stereocenters. The second-order valence-corrected chi connectivity index (χ2v) is 4.63. The lowest BCUT2D eigenvalue weighted by atomic mass is 10.0. The SMILES string of the molecule is Cc1cc(NCc2ccccc2CC(=O)O)nc(C)n1. The van der Waals surface area contributed by atoms with Crippen molar-refractivity contribution < 1.29 is 9.90 Å². The molecular weight excluding hydrogens is 254 g/mol. The summed E-state index contributed by atoms with van der Waals surface area (Å²) >= 11 is 0. The number of nitrogens with one attached hydrogen (secondary N) is 1. The minimum Gasteiger partial charge on any atom is -0.481 e. The van der Waals surface area contributed by atoms with Crippen molar-refractivity contribution in [1.82, 2.24) is 9.97 Å². The molecule has 2 aromatic rings. The zero-order chi connectivity index (χ0) is 14.5. The van der Waals surface area contributed by atoms with E-state index in [0.29, 0.717) is 12.4 Å². The highest BCUT2D eigenvalue weighted by Gasteiger charge is 2.06. The Morgan fingerprint density at radius 1 is 1.20 bits per heavy atom. The highest BCUT2D eigenvalue weighted by molar-refractivity contribution is 5.70. The number of carboxylic acids is 1. The van der Waals surface area contributed by atoms with Gasteiger partial charge in [0.05, 0.1) is 6.42 Å². The van der Waals surface area contributed by atoms with Gasteiger partial charge in [-0.3, -0.25) is 4.79 Å². The predicted octanol–water partition coefficient (Wildman–Crippen LogP) is 2.33. The Labute approximate surface area is 117 Å². The van der Waals surface area contributed by atoms with Crippen LogP contribution < -0.4 is 5.32 Å². The number of anilines is 1. The normalized spacial score (nSPS) is 10.3. The fourth-order valence-electron chi connectivity index (χ4n) is 2.06. The molecule has 0 aliphatic carbocycles. The topological polar surface area (TPSA) is 75.1 Å². The molecule has 0 fully saturated rings. The standard InChI is InChI=1S/C15H17N3O2/c1-10-7-14(18-11(2)17-10)16-9-13-6-4-3-5-12(13)8-15(19)20/h3-7H,8-9H2,1-2H3,(H,19,20)(H,16,17,18). The molecule has 1 aromatic heterocycles. The van der Waals surface area contributed by atoms with E-state index in [2.05, 4.69) is 15.3 Å². The van der Waals surface area contributed by atoms with Gasteiger partial charge in [0.25, 0.3) is 0 Å². The Bertz CT molecular complexity index is 606. The number of aromatic nitrogens is 2. The van der Waals surface area contributed by atoms with Crippen LogP contribution in [0.2, 0.25) is 0 Å². The van der Waals surface area contributed by atoms with Gasteiger partial charge in [0, 0.05) is 18.3 Å². The zero-order valence-corrected chi connectivity index (χ0v) is 11.6. The summed E-state index contributed by atoms with van der Waals surface area (Å²) in [6.07, 6.45) is 0.0275. The Morgan fingerprint density at radius 2 is 1.90 bits per heavy atom. The predicted molar refractivity (Wildman–Crippen MR) is 76.6 cm³/mol. The number of carboxylic acid groups (broad SMARTS) is 1. The van der Waals surface area contributed by atoms with Crippen molar-refractivity contribution in [3.8, 4) is 0 Å². The molecule has 0 unspecified atom stereocenters. The second kappa shape index (κ2) is 6.14. The summed E-state index contributed by atoms with van der Waals surface area (Å²) in [6.45, 7) is 4.30. The van der Waals surface area contributed by atoms with Crippen LogP contribution >= 0.6 is 0 Å². The molecule has 2 N–H and O–H groups in total. The average Bonchev–Trinajstić information content (AvgIpc) is 2.36. The molecule has 0 amide bonds. The van der Waals surface area contributed by atoms with Gasteiger partial charge < -0.3 is 10.4 Å². The number of carbonyl (C=O) groups is 1. The van der Waals surface area contributed by atoms with E-state index in [1.165, 1.54) is 0 Å². The van der Waals surface area contributed by atoms with Crippen molar-refractivity contribution >= 4 is 11.8 Å². The van der Waals surface area contributed by atoms with Gasteiger partial charge in [-0.05, 0) is 25.0 Å². The molecular formula is C15H17N3O2. The Hall–Kier alpha value is -2.43. The smallest absolute Gasteiger partial charge is 0.307 e. The molecule has 104 valence electrons. The average molecular weight is 271 g/mol. The van der Waals surface area contributed by atoms with E-state index in [-0.39, 0.29) is 6.42 Å². The summed E-state index contributed by atoms with van der Waals surface area (Å²) < 4.78 is 0. The maximum atomic E-state index is 10.8. The van der Waals surface area contributed by atoms with E-state index < -0.39 is 5.97 Å². The van der Waals surface area contributed by atoms with Gasteiger partial charge in [0.2, 0.25) is 0 Å². The fourth-order valence-corrected chi connectivity index (χ4v) is 2.06. The maximum absolute atomic E-state index is 10.8. The van der Waals surface area contributed by atoms with E-state index in [1.807, 2.05) is 44.2 Å². The van der Waals surface area contributed by atoms with E-state index >= 15 is 0 Å². The number of aliphatic carboxylic acids is 1. The van der Waals surface area contributed by atoms with Crippen molar-refractivity contribution in [3.63, 3.8) is 0 Å². The van der Waals surface area contributed by atoms with Crippen LogP contribution in [0.1, 0.15) is 22.6 Å². The number of rotatable bonds is 5. The summed E-state index contributed by atoms with van der Waals surface area (Å²) in [4.78, 5) is 19.4. The third-order valence-electron chi connectivity index (χ3n) is 2.89. The van der Waals surface area contributed by atoms with Crippen molar-refractivity contribution in [2.75, 3.05) is 5.32 Å². The van der Waals surface area contributed by atoms with Crippen molar-refractivity contribution in [2.45, 2.75) is 26.8 Å². The fraction of sp³-hybridized carbons (Fsp3) is 0.267. The third-order valence-corrected chi connectivity index (χ3v) is 2.89. The Kier molecular flexibility index (Phi) is 4.30. The van der Waals surface area contributed by atoms with E-state index in [9.17, 15) is 4.79 Å². The summed E-state index contributed by atoms with van der Waals surface area (Å²) in [5.74, 6) is 0.637. The summed E-state index contributed by atoms with van der Waals surface area (Å²) in [5, 5.41) is 12.1. The largest absolute Gasteiger partial charge is 0.481 e. The highest BCUT2D eigenvalue weighted by Crippen LogP contribution is 2.13. The number of hydrogen-bond donors (Lipinski definition) is 2. The van der Waals surface area contributed by atoms with Gasteiger partial charge in [-0.2, -0.15) is 0 Å². The number of aryl methyl sites for hydroxylation is 2. The van der Waals surface area contributed by atoms with Crippen LogP contribution in [0.3, 0.4) is 0 Å². The van der Waals surface area contributed by atoms with Crippen LogP contribution in [-0.2, 0) is 17.8 Å². The lowest BCUT2D eigenvalue weighted by Crippen LogP contribution is -2.08. The molecule has 1 aromatic carbocycles. The first-order valence-corrected chi connectivity index (χ1v) is 6.39.